The number of hydrogen-bond acceptors (Lipinski definition) is 7. The number of halogens is 4. The first-order valence-corrected chi connectivity index (χ1v) is 16.3. The first kappa shape index (κ1) is 30.6. The van der Waals surface area contributed by atoms with Crippen LogP contribution in [0.2, 0.25) is 23.2 Å². The molecule has 0 radical (unpaired) electrons. The lowest BCUT2D eigenvalue weighted by Gasteiger charge is -2.35. The van der Waals surface area contributed by atoms with Crippen LogP contribution >= 0.6 is 11.6 Å². The largest absolute Gasteiger partial charge is 0.411 e. The zero-order valence-corrected chi connectivity index (χ0v) is 23.1. The Hall–Kier alpha value is -1.60. The minimum absolute atomic E-state index is 0.0605. The van der Waals surface area contributed by atoms with Crippen LogP contribution in [-0.4, -0.2) is 59.2 Å². The predicted octanol–water partition coefficient (Wildman–Crippen LogP) is 4.94. The van der Waals surface area contributed by atoms with E-state index in [4.69, 9.17) is 16.0 Å². The van der Waals surface area contributed by atoms with Crippen LogP contribution in [-0.2, 0) is 35.2 Å². The average molecular weight is 571 g/mol. The Morgan fingerprint density at radius 1 is 1.14 bits per heavy atom. The van der Waals surface area contributed by atoms with Gasteiger partial charge in [0.15, 0.2) is 35.5 Å². The van der Waals surface area contributed by atoms with Crippen molar-refractivity contribution >= 4 is 47.1 Å². The normalized spacial score (nSPS) is 19.6. The highest BCUT2D eigenvalue weighted by Gasteiger charge is 2.46. The summed E-state index contributed by atoms with van der Waals surface area (Å²) < 4.78 is 72.8. The maximum Gasteiger partial charge on any atom is 0.411 e. The van der Waals surface area contributed by atoms with Crippen LogP contribution in [0.3, 0.4) is 0 Å². The number of Topliss-reactive ketones (excluding diaryl/α,β-unsaturated/α-hetero) is 3. The Labute approximate surface area is 214 Å². The molecule has 0 N–H and O–H groups in total. The Morgan fingerprint density at radius 3 is 2.22 bits per heavy atom. The van der Waals surface area contributed by atoms with E-state index in [2.05, 4.69) is 4.74 Å². The zero-order valence-electron chi connectivity index (χ0n) is 20.5. The van der Waals surface area contributed by atoms with E-state index in [1.807, 2.05) is 20.8 Å². The van der Waals surface area contributed by atoms with Gasteiger partial charge in [0.25, 0.3) is 0 Å². The molecular weight excluding hydrogens is 541 g/mol. The number of carbonyl (C=O) groups is 3. The molecule has 1 saturated carbocycles. The van der Waals surface area contributed by atoms with E-state index in [0.717, 1.165) is 36.5 Å². The minimum atomic E-state index is -4.67. The smallest absolute Gasteiger partial charge is 0.407 e. The second-order valence-electron chi connectivity index (χ2n) is 8.84. The Kier molecular flexibility index (Phi) is 10.1. The summed E-state index contributed by atoms with van der Waals surface area (Å²) in [5.41, 5.74) is -0.695. The average Bonchev–Trinajstić information content (AvgIpc) is 2.78. The summed E-state index contributed by atoms with van der Waals surface area (Å²) in [5, 5.41) is -0.479. The number of carbonyl (C=O) groups excluding carboxylic acids is 3. The van der Waals surface area contributed by atoms with Gasteiger partial charge in [-0.3, -0.25) is 14.4 Å². The Morgan fingerprint density at radius 2 is 1.72 bits per heavy atom. The third-order valence-electron chi connectivity index (χ3n) is 6.54. The summed E-state index contributed by atoms with van der Waals surface area (Å²) >= 11 is 6.30. The van der Waals surface area contributed by atoms with E-state index in [9.17, 15) is 36.0 Å². The molecule has 2 unspecified atom stereocenters. The minimum Gasteiger partial charge on any atom is -0.407 e. The van der Waals surface area contributed by atoms with Gasteiger partial charge in [-0.2, -0.15) is 13.2 Å². The van der Waals surface area contributed by atoms with Crippen molar-refractivity contribution < 1.29 is 45.1 Å². The van der Waals surface area contributed by atoms with Crippen molar-refractivity contribution in [2.45, 2.75) is 75.5 Å². The van der Waals surface area contributed by atoms with E-state index in [-0.39, 0.29) is 24.0 Å². The maximum atomic E-state index is 13.4. The third kappa shape index (κ3) is 7.03. The Bertz CT molecular complexity index is 1110. The predicted molar refractivity (Wildman–Crippen MR) is 129 cm³/mol. The summed E-state index contributed by atoms with van der Waals surface area (Å²) in [7, 11) is -6.19. The molecule has 1 aliphatic rings. The molecule has 13 heteroatoms. The summed E-state index contributed by atoms with van der Waals surface area (Å²) in [6, 6.07) is 4.35. The number of rotatable bonds is 11. The molecule has 0 spiro atoms. The maximum absolute atomic E-state index is 13.4. The second kappa shape index (κ2) is 11.8. The lowest BCUT2D eigenvalue weighted by atomic mass is 9.80. The highest BCUT2D eigenvalue weighted by molar-refractivity contribution is 7.90. The van der Waals surface area contributed by atoms with Crippen LogP contribution in [0.25, 0.3) is 0 Å². The molecule has 36 heavy (non-hydrogen) atoms. The topological polar surface area (TPSA) is 104 Å². The second-order valence-corrected chi connectivity index (χ2v) is 15.9. The molecule has 2 rings (SSSR count). The fourth-order valence-electron chi connectivity index (χ4n) is 4.30. The summed E-state index contributed by atoms with van der Waals surface area (Å²) in [6.07, 6.45) is -4.67. The third-order valence-corrected chi connectivity index (χ3v) is 12.8. The molecule has 202 valence electrons. The van der Waals surface area contributed by atoms with Crippen molar-refractivity contribution in [3.05, 3.63) is 28.3 Å². The van der Waals surface area contributed by atoms with E-state index in [1.165, 1.54) is 0 Å². The molecule has 0 aliphatic heterocycles. The van der Waals surface area contributed by atoms with Gasteiger partial charge in [0.1, 0.15) is 18.6 Å². The standard InChI is InChI=1S/C23H30ClF3O7SSi/c1-5-36(6-2,7-3)34-17-10-9-16(28)19(22(17)30)21(29)14-8-11-18(35(4,31)32)15(20(14)24)12-33-13-23(25,26)27/h8,11,17,19H,5-7,9-10,12-13H2,1-4H3. The van der Waals surface area contributed by atoms with Crippen molar-refractivity contribution in [3.63, 3.8) is 0 Å². The number of alkyl halides is 3. The fraction of sp³-hybridized carbons (Fsp3) is 0.609. The van der Waals surface area contributed by atoms with E-state index >= 15 is 0 Å². The summed E-state index contributed by atoms with van der Waals surface area (Å²) in [6.45, 7) is 3.42. The van der Waals surface area contributed by atoms with Gasteiger partial charge in [0, 0.05) is 23.8 Å². The Balaban J connectivity index is 2.45. The molecular formula is C23H30ClF3O7SSi. The van der Waals surface area contributed by atoms with Crippen LogP contribution < -0.4 is 0 Å². The van der Waals surface area contributed by atoms with Crippen molar-refractivity contribution in [3.8, 4) is 0 Å². The number of hydrogen-bond donors (Lipinski definition) is 0. The van der Waals surface area contributed by atoms with E-state index in [1.54, 1.807) is 0 Å². The van der Waals surface area contributed by atoms with Crippen LogP contribution in [0.4, 0.5) is 13.2 Å². The van der Waals surface area contributed by atoms with Crippen LogP contribution in [0.1, 0.15) is 49.5 Å². The lowest BCUT2D eigenvalue weighted by molar-refractivity contribution is -0.176. The molecule has 0 bridgehead atoms. The number of benzene rings is 1. The molecule has 0 aromatic heterocycles. The van der Waals surface area contributed by atoms with Gasteiger partial charge in [-0.1, -0.05) is 32.4 Å². The molecule has 1 aromatic rings. The van der Waals surface area contributed by atoms with Gasteiger partial charge >= 0.3 is 6.18 Å². The van der Waals surface area contributed by atoms with Gasteiger partial charge in [-0.15, -0.1) is 0 Å². The SMILES string of the molecule is CC[Si](CC)(CC)OC1CCC(=O)C(C(=O)c2ccc(S(C)(=O)=O)c(COCC(F)(F)F)c2Cl)C1=O. The first-order chi connectivity index (χ1) is 16.6. The van der Waals surface area contributed by atoms with Gasteiger partial charge in [0.2, 0.25) is 0 Å². The fourth-order valence-corrected chi connectivity index (χ4v) is 8.43. The van der Waals surface area contributed by atoms with E-state index < -0.39 is 76.8 Å². The molecule has 0 saturated heterocycles. The molecule has 2 atom stereocenters. The monoisotopic (exact) mass is 570 g/mol. The zero-order chi connectivity index (χ0) is 27.5. The van der Waals surface area contributed by atoms with Gasteiger partial charge in [0.05, 0.1) is 16.5 Å². The van der Waals surface area contributed by atoms with Gasteiger partial charge < -0.3 is 9.16 Å². The quantitative estimate of drug-likeness (QED) is 0.211. The van der Waals surface area contributed by atoms with Gasteiger partial charge in [-0.25, -0.2) is 8.42 Å². The summed E-state index contributed by atoms with van der Waals surface area (Å²) in [4.78, 5) is 38.9. The van der Waals surface area contributed by atoms with Crippen LogP contribution in [0.5, 0.6) is 0 Å². The molecule has 1 fully saturated rings. The summed E-state index contributed by atoms with van der Waals surface area (Å²) in [5.74, 6) is -3.93. The number of ether oxygens (including phenoxy) is 1. The van der Waals surface area contributed by atoms with Crippen LogP contribution in [0.15, 0.2) is 17.0 Å². The number of ketones is 3. The molecule has 0 amide bonds. The number of sulfone groups is 1. The van der Waals surface area contributed by atoms with Gasteiger partial charge in [-0.05, 0) is 36.7 Å². The molecule has 1 aliphatic carbocycles. The molecule has 1 aromatic carbocycles. The highest BCUT2D eigenvalue weighted by Crippen LogP contribution is 2.34. The van der Waals surface area contributed by atoms with Crippen molar-refractivity contribution in [2.24, 2.45) is 5.92 Å². The van der Waals surface area contributed by atoms with Crippen molar-refractivity contribution in [1.82, 2.24) is 0 Å². The van der Waals surface area contributed by atoms with Crippen molar-refractivity contribution in [2.75, 3.05) is 12.9 Å². The van der Waals surface area contributed by atoms with E-state index in [0.29, 0.717) is 0 Å². The molecule has 0 heterocycles. The highest BCUT2D eigenvalue weighted by atomic mass is 35.5. The van der Waals surface area contributed by atoms with Crippen molar-refractivity contribution in [1.29, 1.82) is 0 Å². The lowest BCUT2D eigenvalue weighted by Crippen LogP contribution is -2.50. The molecule has 7 nitrogen and oxygen atoms in total. The van der Waals surface area contributed by atoms with Crippen LogP contribution in [0, 0.1) is 5.92 Å². The first-order valence-electron chi connectivity index (χ1n) is 11.5.